The fourth-order valence-electron chi connectivity index (χ4n) is 4.20. The number of aliphatic imine (C=N–C) groups is 1. The number of para-hydroxylation sites is 1. The summed E-state index contributed by atoms with van der Waals surface area (Å²) in [5.41, 5.74) is 5.25. The number of nitrogens with zero attached hydrogens (tertiary/aromatic N) is 2. The highest BCUT2D eigenvalue weighted by Crippen LogP contribution is 2.22. The molecule has 1 aromatic carbocycles. The Balaban J connectivity index is 1.55. The van der Waals surface area contributed by atoms with E-state index in [-0.39, 0.29) is 0 Å². The van der Waals surface area contributed by atoms with Gasteiger partial charge in [0.05, 0.1) is 0 Å². The van der Waals surface area contributed by atoms with E-state index < -0.39 is 0 Å². The topological polar surface area (TPSA) is 55.5 Å². The summed E-state index contributed by atoms with van der Waals surface area (Å²) in [5.74, 6) is 0.944. The largest absolute Gasteiger partial charge is 0.361 e. The molecule has 29 heavy (non-hydrogen) atoms. The van der Waals surface area contributed by atoms with Crippen molar-refractivity contribution in [2.24, 2.45) is 4.99 Å². The number of aromatic amines is 1. The molecule has 0 amide bonds. The maximum Gasteiger partial charge on any atom is 0.191 e. The minimum Gasteiger partial charge on any atom is -0.361 e. The summed E-state index contributed by atoms with van der Waals surface area (Å²) in [5, 5.41) is 8.40. The fraction of sp³-hybridized carbons (Fsp3) is 0.542. The minimum atomic E-state index is 0.495. The van der Waals surface area contributed by atoms with Gasteiger partial charge in [0.25, 0.3) is 0 Å². The van der Waals surface area contributed by atoms with E-state index in [4.69, 9.17) is 4.99 Å². The van der Waals surface area contributed by atoms with Crippen LogP contribution in [0.25, 0.3) is 10.9 Å². The molecule has 3 rings (SSSR count). The quantitative estimate of drug-likeness (QED) is 0.361. The predicted molar refractivity (Wildman–Crippen MR) is 125 cm³/mol. The second-order valence-corrected chi connectivity index (χ2v) is 8.17. The number of hydrogen-bond acceptors (Lipinski definition) is 2. The molecule has 0 saturated carbocycles. The number of rotatable bonds is 8. The second-order valence-electron chi connectivity index (χ2n) is 8.17. The third kappa shape index (κ3) is 5.86. The molecular formula is C24H37N5. The van der Waals surface area contributed by atoms with Gasteiger partial charge in [0.1, 0.15) is 0 Å². The molecule has 0 bridgehead atoms. The summed E-state index contributed by atoms with van der Waals surface area (Å²) >= 11 is 0. The zero-order chi connectivity index (χ0) is 20.6. The van der Waals surface area contributed by atoms with Gasteiger partial charge in [0.15, 0.2) is 5.96 Å². The van der Waals surface area contributed by atoms with Crippen LogP contribution in [0.3, 0.4) is 0 Å². The number of aromatic nitrogens is 1. The molecule has 0 spiro atoms. The molecule has 0 atom stereocenters. The Morgan fingerprint density at radius 1 is 1.24 bits per heavy atom. The highest BCUT2D eigenvalue weighted by Gasteiger charge is 2.19. The first-order chi connectivity index (χ1) is 14.1. The van der Waals surface area contributed by atoms with Crippen LogP contribution in [0.1, 0.15) is 44.7 Å². The number of fused-ring (bicyclic) bond motifs is 1. The molecule has 5 heteroatoms. The third-order valence-electron chi connectivity index (χ3n) is 5.69. The van der Waals surface area contributed by atoms with Gasteiger partial charge in [-0.1, -0.05) is 37.3 Å². The van der Waals surface area contributed by atoms with Crippen molar-refractivity contribution in [3.63, 3.8) is 0 Å². The number of aryl methyl sites for hydroxylation is 1. The predicted octanol–water partition coefficient (Wildman–Crippen LogP) is 3.87. The molecular weight excluding hydrogens is 358 g/mol. The van der Waals surface area contributed by atoms with Crippen LogP contribution in [-0.4, -0.2) is 54.6 Å². The van der Waals surface area contributed by atoms with Gasteiger partial charge in [-0.25, -0.2) is 0 Å². The number of hydrogen-bond donors (Lipinski definition) is 3. The van der Waals surface area contributed by atoms with Crippen molar-refractivity contribution in [2.45, 2.75) is 52.5 Å². The van der Waals surface area contributed by atoms with Crippen LogP contribution in [0.4, 0.5) is 0 Å². The highest BCUT2D eigenvalue weighted by atomic mass is 15.2. The lowest BCUT2D eigenvalue weighted by atomic mass is 10.0. The van der Waals surface area contributed by atoms with Gasteiger partial charge in [-0.05, 0) is 50.7 Å². The SMILES string of the molecule is C=C(C)CN1CCC(NC(=NCCc2c[nH]c3c(CC)cccc23)NCC)CC1. The van der Waals surface area contributed by atoms with Crippen molar-refractivity contribution >= 4 is 16.9 Å². The Hall–Kier alpha value is -2.27. The summed E-state index contributed by atoms with van der Waals surface area (Å²) in [6, 6.07) is 7.07. The lowest BCUT2D eigenvalue weighted by Crippen LogP contribution is -2.48. The number of piperidine rings is 1. The summed E-state index contributed by atoms with van der Waals surface area (Å²) < 4.78 is 0. The lowest BCUT2D eigenvalue weighted by molar-refractivity contribution is 0.221. The molecule has 5 nitrogen and oxygen atoms in total. The Kier molecular flexibility index (Phi) is 7.76. The van der Waals surface area contributed by atoms with E-state index in [2.05, 4.69) is 72.3 Å². The van der Waals surface area contributed by atoms with Crippen molar-refractivity contribution in [3.05, 3.63) is 47.7 Å². The van der Waals surface area contributed by atoms with Gasteiger partial charge in [-0.2, -0.15) is 0 Å². The molecule has 1 aliphatic heterocycles. The summed E-state index contributed by atoms with van der Waals surface area (Å²) in [6.07, 6.45) is 6.45. The fourth-order valence-corrected chi connectivity index (χ4v) is 4.20. The van der Waals surface area contributed by atoms with Crippen LogP contribution in [0, 0.1) is 0 Å². The first-order valence-corrected chi connectivity index (χ1v) is 11.1. The molecule has 1 aliphatic rings. The van der Waals surface area contributed by atoms with E-state index >= 15 is 0 Å². The number of nitrogens with one attached hydrogen (secondary N) is 3. The smallest absolute Gasteiger partial charge is 0.191 e. The normalized spacial score (nSPS) is 16.3. The zero-order valence-electron chi connectivity index (χ0n) is 18.4. The molecule has 1 fully saturated rings. The van der Waals surface area contributed by atoms with Crippen molar-refractivity contribution in [3.8, 4) is 0 Å². The maximum absolute atomic E-state index is 4.85. The van der Waals surface area contributed by atoms with Crippen LogP contribution in [0.2, 0.25) is 0 Å². The zero-order valence-corrected chi connectivity index (χ0v) is 18.4. The molecule has 158 valence electrons. The molecule has 1 aromatic heterocycles. The van der Waals surface area contributed by atoms with E-state index in [1.165, 1.54) is 27.6 Å². The van der Waals surface area contributed by atoms with Gasteiger partial charge in [-0.15, -0.1) is 0 Å². The minimum absolute atomic E-state index is 0.495. The van der Waals surface area contributed by atoms with Gasteiger partial charge in [0, 0.05) is 55.9 Å². The van der Waals surface area contributed by atoms with Gasteiger partial charge >= 0.3 is 0 Å². The summed E-state index contributed by atoms with van der Waals surface area (Å²) in [7, 11) is 0. The van der Waals surface area contributed by atoms with Gasteiger partial charge < -0.3 is 15.6 Å². The summed E-state index contributed by atoms with van der Waals surface area (Å²) in [6.45, 7) is 15.4. The lowest BCUT2D eigenvalue weighted by Gasteiger charge is -2.33. The molecule has 0 aliphatic carbocycles. The van der Waals surface area contributed by atoms with Crippen LogP contribution in [0.5, 0.6) is 0 Å². The molecule has 1 saturated heterocycles. The Bertz CT molecular complexity index is 827. The first kappa shape index (κ1) is 21.4. The first-order valence-electron chi connectivity index (χ1n) is 11.1. The standard InChI is InChI=1S/C24H37N5/c1-5-19-8-7-9-22-20(16-27-23(19)22)10-13-26-24(25-6-2)28-21-11-14-29(15-12-21)17-18(3)4/h7-9,16,21,27H,3,5-6,10-15,17H2,1-2,4H3,(H2,25,26,28). The van der Waals surface area contributed by atoms with Gasteiger partial charge in [0.2, 0.25) is 0 Å². The average molecular weight is 396 g/mol. The molecule has 0 radical (unpaired) electrons. The third-order valence-corrected chi connectivity index (χ3v) is 5.69. The van der Waals surface area contributed by atoms with Crippen molar-refractivity contribution in [1.82, 2.24) is 20.5 Å². The van der Waals surface area contributed by atoms with Gasteiger partial charge in [-0.3, -0.25) is 9.89 Å². The van der Waals surface area contributed by atoms with E-state index in [0.29, 0.717) is 6.04 Å². The highest BCUT2D eigenvalue weighted by molar-refractivity contribution is 5.86. The van der Waals surface area contributed by atoms with E-state index in [9.17, 15) is 0 Å². The van der Waals surface area contributed by atoms with E-state index in [0.717, 1.165) is 64.4 Å². The Morgan fingerprint density at radius 3 is 2.72 bits per heavy atom. The number of H-pyrrole nitrogens is 1. The summed E-state index contributed by atoms with van der Waals surface area (Å²) in [4.78, 5) is 10.8. The molecule has 0 unspecified atom stereocenters. The maximum atomic E-state index is 4.85. The van der Waals surface area contributed by atoms with Crippen LogP contribution in [-0.2, 0) is 12.8 Å². The Labute approximate surface area is 175 Å². The Morgan fingerprint density at radius 2 is 2.03 bits per heavy atom. The van der Waals surface area contributed by atoms with Crippen LogP contribution in [0.15, 0.2) is 41.5 Å². The molecule has 2 aromatic rings. The monoisotopic (exact) mass is 395 g/mol. The van der Waals surface area contributed by atoms with Crippen LogP contribution < -0.4 is 10.6 Å². The van der Waals surface area contributed by atoms with E-state index in [1.54, 1.807) is 0 Å². The van der Waals surface area contributed by atoms with Crippen LogP contribution >= 0.6 is 0 Å². The van der Waals surface area contributed by atoms with Crippen molar-refractivity contribution < 1.29 is 0 Å². The van der Waals surface area contributed by atoms with E-state index in [1.807, 2.05) is 0 Å². The number of benzene rings is 1. The van der Waals surface area contributed by atoms with Crippen molar-refractivity contribution in [2.75, 3.05) is 32.7 Å². The number of guanidine groups is 1. The van der Waals surface area contributed by atoms with Crippen molar-refractivity contribution in [1.29, 1.82) is 0 Å². The number of likely N-dealkylation sites (tertiary alicyclic amines) is 1. The average Bonchev–Trinajstić information content (AvgIpc) is 3.12. The molecule has 2 heterocycles. The second kappa shape index (κ2) is 10.5. The molecule has 3 N–H and O–H groups in total.